The number of carbonyl (C=O) groups is 1. The van der Waals surface area contributed by atoms with Crippen molar-refractivity contribution >= 4 is 55.9 Å². The highest BCUT2D eigenvalue weighted by atomic mass is 127. The summed E-state index contributed by atoms with van der Waals surface area (Å²) < 4.78 is 2.07. The summed E-state index contributed by atoms with van der Waals surface area (Å²) >= 11 is 11.1. The van der Waals surface area contributed by atoms with Gasteiger partial charge in [0.2, 0.25) is 0 Å². The smallest absolute Gasteiger partial charge is 0.177 e. The third kappa shape index (κ3) is 2.44. The molecule has 0 radical (unpaired) electrons. The second kappa shape index (κ2) is 4.75. The first-order valence-corrected chi connectivity index (χ1v) is 6.02. The molecule has 0 amide bonds. The van der Waals surface area contributed by atoms with Gasteiger partial charge in [-0.3, -0.25) is 4.79 Å². The van der Waals surface area contributed by atoms with Crippen LogP contribution in [0.4, 0.5) is 0 Å². The van der Waals surface area contributed by atoms with Crippen molar-refractivity contribution in [3.63, 3.8) is 0 Å². The lowest BCUT2D eigenvalue weighted by Crippen LogP contribution is -2.03. The van der Waals surface area contributed by atoms with Crippen molar-refractivity contribution < 1.29 is 4.79 Å². The second-order valence-corrected chi connectivity index (χ2v) is 4.81. The molecule has 1 aromatic rings. The summed E-state index contributed by atoms with van der Waals surface area (Å²) in [5, 5.41) is 0. The van der Waals surface area contributed by atoms with E-state index in [0.29, 0.717) is 5.56 Å². The lowest BCUT2D eigenvalue weighted by molar-refractivity contribution is 0.102. The monoisotopic (exact) mass is 372 g/mol. The van der Waals surface area contributed by atoms with Crippen LogP contribution in [0.1, 0.15) is 15.9 Å². The highest BCUT2D eigenvalue weighted by Crippen LogP contribution is 2.26. The molecule has 0 saturated heterocycles. The molecule has 0 aliphatic carbocycles. The average Bonchev–Trinajstić information content (AvgIpc) is 2.13. The van der Waals surface area contributed by atoms with Crippen LogP contribution >= 0.6 is 50.1 Å². The number of carbonyl (C=O) groups excluding carboxylic acids is 1. The van der Waals surface area contributed by atoms with Crippen LogP contribution in [-0.4, -0.2) is 11.7 Å². The van der Waals surface area contributed by atoms with Crippen LogP contribution in [0, 0.1) is 10.5 Å². The first-order valence-electron chi connectivity index (χ1n) is 3.61. The molecule has 1 nitrogen and oxygen atoms in total. The Morgan fingerprint density at radius 3 is 2.77 bits per heavy atom. The first kappa shape index (κ1) is 11.5. The predicted octanol–water partition coefficient (Wildman–Crippen LogP) is 3.78. The zero-order valence-electron chi connectivity index (χ0n) is 6.90. The van der Waals surface area contributed by atoms with Gasteiger partial charge in [-0.1, -0.05) is 0 Å². The fourth-order valence-corrected chi connectivity index (χ4v) is 2.10. The number of ketones is 1. The molecule has 1 aromatic carbocycles. The number of halogens is 3. The zero-order chi connectivity index (χ0) is 10.0. The number of hydrogen-bond acceptors (Lipinski definition) is 1. The maximum Gasteiger partial charge on any atom is 0.177 e. The topological polar surface area (TPSA) is 17.1 Å². The van der Waals surface area contributed by atoms with Crippen LogP contribution in [0.15, 0.2) is 16.6 Å². The highest BCUT2D eigenvalue weighted by Gasteiger charge is 2.11. The molecule has 4 heteroatoms. The Balaban J connectivity index is 3.26. The molecule has 0 bridgehead atoms. The van der Waals surface area contributed by atoms with Gasteiger partial charge in [-0.05, 0) is 63.1 Å². The molecule has 0 unspecified atom stereocenters. The Labute approximate surface area is 104 Å². The molecule has 0 saturated carbocycles. The predicted molar refractivity (Wildman–Crippen MR) is 66.6 cm³/mol. The third-order valence-electron chi connectivity index (χ3n) is 1.76. The summed E-state index contributed by atoms with van der Waals surface area (Å²) in [5.74, 6) is 0.00435. The van der Waals surface area contributed by atoms with Gasteiger partial charge in [0.1, 0.15) is 0 Å². The number of hydrogen-bond donors (Lipinski definition) is 0. The van der Waals surface area contributed by atoms with Crippen molar-refractivity contribution in [2.24, 2.45) is 0 Å². The van der Waals surface area contributed by atoms with Crippen LogP contribution in [0.3, 0.4) is 0 Å². The second-order valence-electron chi connectivity index (χ2n) is 2.59. The lowest BCUT2D eigenvalue weighted by Gasteiger charge is -2.06. The van der Waals surface area contributed by atoms with Gasteiger partial charge < -0.3 is 0 Å². The maximum absolute atomic E-state index is 11.3. The maximum atomic E-state index is 11.3. The highest BCUT2D eigenvalue weighted by molar-refractivity contribution is 14.1. The van der Waals surface area contributed by atoms with Gasteiger partial charge in [0, 0.05) is 13.6 Å². The quantitative estimate of drug-likeness (QED) is 0.438. The minimum Gasteiger partial charge on any atom is -0.293 e. The molecule has 0 aliphatic rings. The standard InChI is InChI=1S/C9H7BrClIO/c1-5-6(8(13)4-11)2-3-7(12)9(5)10/h2-3H,4H2,1H3. The van der Waals surface area contributed by atoms with Gasteiger partial charge in [0.25, 0.3) is 0 Å². The van der Waals surface area contributed by atoms with Gasteiger partial charge in [0.15, 0.2) is 5.78 Å². The Morgan fingerprint density at radius 2 is 2.23 bits per heavy atom. The Hall–Kier alpha value is 0.390. The molecule has 1 rings (SSSR count). The molecule has 70 valence electrons. The number of Topliss-reactive ketones (excluding diaryl/α,β-unsaturated/α-hetero) is 1. The van der Waals surface area contributed by atoms with Crippen molar-refractivity contribution in [2.45, 2.75) is 6.92 Å². The summed E-state index contributed by atoms with van der Waals surface area (Å²) in [6.07, 6.45) is 0. The van der Waals surface area contributed by atoms with E-state index in [9.17, 15) is 4.79 Å². The number of alkyl halides is 1. The minimum atomic E-state index is -0.0312. The fourth-order valence-electron chi connectivity index (χ4n) is 1.03. The van der Waals surface area contributed by atoms with Gasteiger partial charge in [0.05, 0.1) is 5.88 Å². The van der Waals surface area contributed by atoms with E-state index in [2.05, 4.69) is 38.5 Å². The van der Waals surface area contributed by atoms with Crippen molar-refractivity contribution in [3.05, 3.63) is 31.3 Å². The van der Waals surface area contributed by atoms with Gasteiger partial charge in [-0.15, -0.1) is 11.6 Å². The van der Waals surface area contributed by atoms with Crippen molar-refractivity contribution in [3.8, 4) is 0 Å². The number of benzene rings is 1. The Kier molecular flexibility index (Phi) is 4.19. The molecular formula is C9H7BrClIO. The third-order valence-corrected chi connectivity index (χ3v) is 4.67. The zero-order valence-corrected chi connectivity index (χ0v) is 11.4. The normalized spacial score (nSPS) is 10.2. The van der Waals surface area contributed by atoms with E-state index in [1.807, 2.05) is 19.1 Å². The summed E-state index contributed by atoms with van der Waals surface area (Å²) in [6, 6.07) is 3.71. The van der Waals surface area contributed by atoms with Crippen LogP contribution in [0.5, 0.6) is 0 Å². The van der Waals surface area contributed by atoms with Crippen molar-refractivity contribution in [1.82, 2.24) is 0 Å². The minimum absolute atomic E-state index is 0.0312. The molecule has 0 spiro atoms. The van der Waals surface area contributed by atoms with E-state index in [4.69, 9.17) is 11.6 Å². The summed E-state index contributed by atoms with van der Waals surface area (Å²) in [4.78, 5) is 11.3. The van der Waals surface area contributed by atoms with Crippen molar-refractivity contribution in [2.75, 3.05) is 5.88 Å². The molecule has 0 atom stereocenters. The molecule has 13 heavy (non-hydrogen) atoms. The molecule has 0 aromatic heterocycles. The molecule has 0 heterocycles. The SMILES string of the molecule is Cc1c(C(=O)CCl)ccc(I)c1Br. The van der Waals surface area contributed by atoms with E-state index in [1.54, 1.807) is 0 Å². The lowest BCUT2D eigenvalue weighted by atomic mass is 10.1. The average molecular weight is 373 g/mol. The molecule has 0 aliphatic heterocycles. The molecule has 0 N–H and O–H groups in total. The van der Waals surface area contributed by atoms with Crippen LogP contribution in [-0.2, 0) is 0 Å². The Bertz CT molecular complexity index is 352. The largest absolute Gasteiger partial charge is 0.293 e. The van der Waals surface area contributed by atoms with Crippen molar-refractivity contribution in [1.29, 1.82) is 0 Å². The van der Waals surface area contributed by atoms with E-state index in [0.717, 1.165) is 13.6 Å². The molecular weight excluding hydrogens is 366 g/mol. The Morgan fingerprint density at radius 1 is 1.62 bits per heavy atom. The van der Waals surface area contributed by atoms with E-state index < -0.39 is 0 Å². The number of rotatable bonds is 2. The van der Waals surface area contributed by atoms with Crippen LogP contribution in [0.25, 0.3) is 0 Å². The van der Waals surface area contributed by atoms with E-state index in [1.165, 1.54) is 0 Å². The first-order chi connectivity index (χ1) is 6.07. The van der Waals surface area contributed by atoms with E-state index >= 15 is 0 Å². The summed E-state index contributed by atoms with van der Waals surface area (Å²) in [5.41, 5.74) is 1.65. The van der Waals surface area contributed by atoms with E-state index in [-0.39, 0.29) is 11.7 Å². The van der Waals surface area contributed by atoms with Gasteiger partial charge in [-0.25, -0.2) is 0 Å². The van der Waals surface area contributed by atoms with Crippen LogP contribution < -0.4 is 0 Å². The van der Waals surface area contributed by atoms with Gasteiger partial charge in [-0.2, -0.15) is 0 Å². The fraction of sp³-hybridized carbons (Fsp3) is 0.222. The van der Waals surface area contributed by atoms with Crippen LogP contribution in [0.2, 0.25) is 0 Å². The summed E-state index contributed by atoms with van der Waals surface area (Å²) in [7, 11) is 0. The summed E-state index contributed by atoms with van der Waals surface area (Å²) in [6.45, 7) is 1.91. The molecule has 0 fully saturated rings. The van der Waals surface area contributed by atoms with Gasteiger partial charge >= 0.3 is 0 Å².